The number of halogens is 2. The zero-order chi connectivity index (χ0) is 15.9. The highest BCUT2D eigenvalue weighted by Crippen LogP contribution is 2.12. The van der Waals surface area contributed by atoms with E-state index >= 15 is 0 Å². The first-order valence-electron chi connectivity index (χ1n) is 6.99. The van der Waals surface area contributed by atoms with Crippen molar-refractivity contribution < 1.29 is 18.3 Å². The second-order valence-corrected chi connectivity index (χ2v) is 4.71. The molecule has 0 aromatic heterocycles. The van der Waals surface area contributed by atoms with Crippen LogP contribution in [-0.2, 0) is 17.9 Å². The molecule has 0 unspecified atom stereocenters. The van der Waals surface area contributed by atoms with Crippen molar-refractivity contribution in [3.63, 3.8) is 0 Å². The van der Waals surface area contributed by atoms with E-state index in [1.165, 1.54) is 0 Å². The van der Waals surface area contributed by atoms with Crippen molar-refractivity contribution in [3.05, 3.63) is 70.8 Å². The lowest BCUT2D eigenvalue weighted by Gasteiger charge is -2.11. The van der Waals surface area contributed by atoms with Crippen LogP contribution in [0.1, 0.15) is 28.4 Å². The number of amides is 1. The van der Waals surface area contributed by atoms with Crippen molar-refractivity contribution in [2.24, 2.45) is 0 Å². The third-order valence-electron chi connectivity index (χ3n) is 3.19. The van der Waals surface area contributed by atoms with Gasteiger partial charge in [-0.15, -0.1) is 0 Å². The molecule has 0 radical (unpaired) electrons. The third-order valence-corrected chi connectivity index (χ3v) is 3.19. The number of carbonyl (C=O) groups excluding carboxylic acids is 1. The van der Waals surface area contributed by atoms with Gasteiger partial charge in [0.2, 0.25) is 0 Å². The van der Waals surface area contributed by atoms with E-state index in [0.717, 1.165) is 29.3 Å². The Kier molecular flexibility index (Phi) is 5.61. The van der Waals surface area contributed by atoms with Crippen LogP contribution in [0.5, 0.6) is 0 Å². The highest BCUT2D eigenvalue weighted by molar-refractivity contribution is 5.94. The van der Waals surface area contributed by atoms with E-state index in [-0.39, 0.29) is 12.1 Å². The van der Waals surface area contributed by atoms with Gasteiger partial charge in [0.1, 0.15) is 11.6 Å². The molecule has 2 aromatic rings. The molecule has 3 nitrogen and oxygen atoms in total. The van der Waals surface area contributed by atoms with Crippen LogP contribution in [0.3, 0.4) is 0 Å². The minimum absolute atomic E-state index is 0.220. The van der Waals surface area contributed by atoms with Gasteiger partial charge in [0.25, 0.3) is 5.91 Å². The fourth-order valence-corrected chi connectivity index (χ4v) is 2.03. The molecule has 22 heavy (non-hydrogen) atoms. The zero-order valence-electron chi connectivity index (χ0n) is 12.2. The lowest BCUT2D eigenvalue weighted by Crippen LogP contribution is -2.24. The summed E-state index contributed by atoms with van der Waals surface area (Å²) >= 11 is 0. The molecule has 0 heterocycles. The van der Waals surface area contributed by atoms with Gasteiger partial charge < -0.3 is 10.1 Å². The summed E-state index contributed by atoms with van der Waals surface area (Å²) in [5.41, 5.74) is 1.52. The summed E-state index contributed by atoms with van der Waals surface area (Å²) in [6.45, 7) is 3.15. The molecule has 2 rings (SSSR count). The Morgan fingerprint density at radius 1 is 1.14 bits per heavy atom. The second-order valence-electron chi connectivity index (χ2n) is 4.71. The quantitative estimate of drug-likeness (QED) is 0.888. The molecule has 0 atom stereocenters. The van der Waals surface area contributed by atoms with Gasteiger partial charge in [-0.25, -0.2) is 8.78 Å². The van der Waals surface area contributed by atoms with E-state index in [0.29, 0.717) is 13.2 Å². The van der Waals surface area contributed by atoms with Crippen LogP contribution in [0.4, 0.5) is 8.78 Å². The Bertz CT molecular complexity index is 659. The summed E-state index contributed by atoms with van der Waals surface area (Å²) in [5, 5.41) is 2.60. The number of rotatable bonds is 6. The maximum atomic E-state index is 13.5. The molecular formula is C17H17F2NO2. The van der Waals surface area contributed by atoms with Gasteiger partial charge in [-0.3, -0.25) is 4.79 Å². The molecule has 0 bridgehead atoms. The van der Waals surface area contributed by atoms with Gasteiger partial charge >= 0.3 is 0 Å². The maximum Gasteiger partial charge on any atom is 0.254 e. The summed E-state index contributed by atoms with van der Waals surface area (Å²) in [6, 6.07) is 10.3. The predicted octanol–water partition coefficient (Wildman–Crippen LogP) is 3.43. The Morgan fingerprint density at radius 3 is 2.59 bits per heavy atom. The molecule has 5 heteroatoms. The molecule has 0 fully saturated rings. The van der Waals surface area contributed by atoms with Crippen LogP contribution in [0.25, 0.3) is 0 Å². The Labute approximate surface area is 127 Å². The van der Waals surface area contributed by atoms with E-state index in [2.05, 4.69) is 5.32 Å². The third kappa shape index (κ3) is 4.11. The first kappa shape index (κ1) is 16.1. The van der Waals surface area contributed by atoms with Gasteiger partial charge in [-0.1, -0.05) is 24.3 Å². The molecule has 116 valence electrons. The summed E-state index contributed by atoms with van der Waals surface area (Å²) in [7, 11) is 0. The molecule has 0 aliphatic heterocycles. The van der Waals surface area contributed by atoms with Gasteiger partial charge in [-0.05, 0) is 36.2 Å². The van der Waals surface area contributed by atoms with Crippen molar-refractivity contribution >= 4 is 5.91 Å². The van der Waals surface area contributed by atoms with Crippen LogP contribution >= 0.6 is 0 Å². The molecule has 0 aliphatic rings. The van der Waals surface area contributed by atoms with E-state index in [9.17, 15) is 13.6 Å². The smallest absolute Gasteiger partial charge is 0.254 e. The van der Waals surface area contributed by atoms with Crippen LogP contribution in [-0.4, -0.2) is 12.5 Å². The predicted molar refractivity (Wildman–Crippen MR) is 79.3 cm³/mol. The van der Waals surface area contributed by atoms with Crippen molar-refractivity contribution in [1.29, 1.82) is 0 Å². The molecule has 0 spiro atoms. The van der Waals surface area contributed by atoms with Gasteiger partial charge in [0, 0.05) is 13.2 Å². The number of nitrogens with one attached hydrogen (secondary N) is 1. The van der Waals surface area contributed by atoms with Gasteiger partial charge in [-0.2, -0.15) is 0 Å². The van der Waals surface area contributed by atoms with E-state index in [4.69, 9.17) is 4.74 Å². The van der Waals surface area contributed by atoms with Crippen molar-refractivity contribution in [2.75, 3.05) is 6.61 Å². The molecule has 1 N–H and O–H groups in total. The monoisotopic (exact) mass is 305 g/mol. The summed E-state index contributed by atoms with van der Waals surface area (Å²) in [4.78, 5) is 12.0. The van der Waals surface area contributed by atoms with E-state index in [1.54, 1.807) is 0 Å². The number of hydrogen-bond donors (Lipinski definition) is 1. The molecule has 2 aromatic carbocycles. The lowest BCUT2D eigenvalue weighted by molar-refractivity contribution is 0.0945. The fourth-order valence-electron chi connectivity index (χ4n) is 2.03. The Balaban J connectivity index is 2.06. The van der Waals surface area contributed by atoms with E-state index < -0.39 is 17.5 Å². The molecule has 0 saturated carbocycles. The first-order valence-corrected chi connectivity index (χ1v) is 6.99. The lowest BCUT2D eigenvalue weighted by atomic mass is 10.1. The number of carbonyl (C=O) groups is 1. The van der Waals surface area contributed by atoms with Crippen molar-refractivity contribution in [2.45, 2.75) is 20.1 Å². The average molecular weight is 305 g/mol. The van der Waals surface area contributed by atoms with E-state index in [1.807, 2.05) is 31.2 Å². The van der Waals surface area contributed by atoms with Crippen LogP contribution in [0.2, 0.25) is 0 Å². The van der Waals surface area contributed by atoms with Gasteiger partial charge in [0.05, 0.1) is 12.2 Å². The highest BCUT2D eigenvalue weighted by Gasteiger charge is 2.13. The highest BCUT2D eigenvalue weighted by atomic mass is 19.1. The minimum Gasteiger partial charge on any atom is -0.377 e. The largest absolute Gasteiger partial charge is 0.377 e. The Morgan fingerprint density at radius 2 is 1.86 bits per heavy atom. The normalized spacial score (nSPS) is 10.5. The molecule has 1 amide bonds. The van der Waals surface area contributed by atoms with Crippen molar-refractivity contribution in [1.82, 2.24) is 5.32 Å². The maximum absolute atomic E-state index is 13.5. The van der Waals surface area contributed by atoms with Crippen LogP contribution < -0.4 is 5.32 Å². The minimum atomic E-state index is -0.749. The number of ether oxygens (including phenoxy) is 1. The molecule has 0 saturated heterocycles. The molecular weight excluding hydrogens is 288 g/mol. The Hall–Kier alpha value is -2.27. The number of hydrogen-bond acceptors (Lipinski definition) is 2. The fraction of sp³-hybridized carbons (Fsp3) is 0.235. The van der Waals surface area contributed by atoms with Crippen molar-refractivity contribution in [3.8, 4) is 0 Å². The molecule has 0 aliphatic carbocycles. The zero-order valence-corrected chi connectivity index (χ0v) is 12.2. The average Bonchev–Trinajstić information content (AvgIpc) is 2.53. The second kappa shape index (κ2) is 7.66. The summed E-state index contributed by atoms with van der Waals surface area (Å²) < 4.78 is 32.0. The number of benzene rings is 2. The topological polar surface area (TPSA) is 38.3 Å². The SMILES string of the molecule is CCOCc1ccccc1CNC(=O)c1cc(F)ccc1F. The van der Waals surface area contributed by atoms with Crippen LogP contribution in [0, 0.1) is 11.6 Å². The summed E-state index contributed by atoms with van der Waals surface area (Å²) in [6.07, 6.45) is 0. The first-order chi connectivity index (χ1) is 10.6. The van der Waals surface area contributed by atoms with Gasteiger partial charge in [0.15, 0.2) is 0 Å². The summed E-state index contributed by atoms with van der Waals surface area (Å²) in [5.74, 6) is -2.05. The van der Waals surface area contributed by atoms with Crippen LogP contribution in [0.15, 0.2) is 42.5 Å². The standard InChI is InChI=1S/C17H17F2NO2/c1-2-22-11-13-6-4-3-5-12(13)10-20-17(21)15-9-14(18)7-8-16(15)19/h3-9H,2,10-11H2,1H3,(H,20,21).